The Hall–Kier alpha value is -3.72. The minimum atomic E-state index is -1.11. The maximum absolute atomic E-state index is 12.9. The molecule has 2 N–H and O–H groups in total. The van der Waals surface area contributed by atoms with Gasteiger partial charge in [0.05, 0.1) is 17.7 Å². The van der Waals surface area contributed by atoms with Crippen molar-refractivity contribution in [3.8, 4) is 5.69 Å². The van der Waals surface area contributed by atoms with E-state index in [-0.39, 0.29) is 0 Å². The van der Waals surface area contributed by atoms with E-state index in [0.29, 0.717) is 16.3 Å². The predicted molar refractivity (Wildman–Crippen MR) is 110 cm³/mol. The van der Waals surface area contributed by atoms with Crippen molar-refractivity contribution in [2.24, 2.45) is 5.73 Å². The van der Waals surface area contributed by atoms with Gasteiger partial charge in [-0.25, -0.2) is 0 Å². The fourth-order valence-electron chi connectivity index (χ4n) is 3.29. The van der Waals surface area contributed by atoms with Crippen LogP contribution in [-0.4, -0.2) is 25.7 Å². The fraction of sp³-hybridized carbons (Fsp3) is 0.150. The lowest BCUT2D eigenvalue weighted by Crippen LogP contribution is -2.31. The first-order valence-electron chi connectivity index (χ1n) is 8.77. The summed E-state index contributed by atoms with van der Waals surface area (Å²) in [5.74, 6) is -1.55. The number of primary amides is 1. The third-order valence-corrected chi connectivity index (χ3v) is 4.93. The zero-order valence-electron chi connectivity index (χ0n) is 16.1. The van der Waals surface area contributed by atoms with E-state index in [4.69, 9.17) is 17.3 Å². The number of rotatable bonds is 6. The highest BCUT2D eigenvalue weighted by atomic mass is 35.5. The lowest BCUT2D eigenvalue weighted by atomic mass is 10.1. The normalized spacial score (nSPS) is 10.8. The molecular weight excluding hydrogens is 412 g/mol. The molecule has 0 bridgehead atoms. The minimum absolute atomic E-state index is 0.349. The number of halogens is 1. The Labute approximate surface area is 175 Å². The van der Waals surface area contributed by atoms with Crippen molar-refractivity contribution in [2.75, 3.05) is 0 Å². The van der Waals surface area contributed by atoms with Gasteiger partial charge in [0.2, 0.25) is 0 Å². The number of aromatic nitrogens is 2. The SMILES string of the molecule is Cc1cc(C(=O)Cn2cc([N+](=O)[O-])cc(C(N)=O)c2=O)c(C)n1-c1ccc(Cl)cc1. The van der Waals surface area contributed by atoms with Crippen LogP contribution in [0, 0.1) is 24.0 Å². The molecule has 0 atom stereocenters. The number of nitro groups is 1. The molecule has 0 aliphatic carbocycles. The van der Waals surface area contributed by atoms with Crippen LogP contribution in [0.15, 0.2) is 47.4 Å². The second-order valence-corrected chi connectivity index (χ2v) is 7.12. The lowest BCUT2D eigenvalue weighted by Gasteiger charge is -2.10. The van der Waals surface area contributed by atoms with Crippen molar-refractivity contribution in [3.63, 3.8) is 0 Å². The van der Waals surface area contributed by atoms with E-state index in [9.17, 15) is 24.5 Å². The Morgan fingerprint density at radius 2 is 1.77 bits per heavy atom. The molecule has 0 aliphatic heterocycles. The predicted octanol–water partition coefficient (Wildman–Crippen LogP) is 2.80. The number of benzene rings is 1. The smallest absolute Gasteiger partial charge is 0.286 e. The summed E-state index contributed by atoms with van der Waals surface area (Å²) in [6.07, 6.45) is 0.922. The maximum atomic E-state index is 12.9. The Balaban J connectivity index is 2.02. The molecule has 2 aromatic heterocycles. The molecule has 9 nitrogen and oxygen atoms in total. The molecule has 0 radical (unpaired) electrons. The molecule has 3 rings (SSSR count). The Morgan fingerprint density at radius 1 is 1.13 bits per heavy atom. The largest absolute Gasteiger partial charge is 0.365 e. The summed E-state index contributed by atoms with van der Waals surface area (Å²) in [6, 6.07) is 9.54. The van der Waals surface area contributed by atoms with Gasteiger partial charge in [-0.2, -0.15) is 0 Å². The number of aryl methyl sites for hydroxylation is 1. The number of nitrogens with zero attached hydrogens (tertiary/aromatic N) is 3. The van der Waals surface area contributed by atoms with Crippen molar-refractivity contribution in [2.45, 2.75) is 20.4 Å². The van der Waals surface area contributed by atoms with Gasteiger partial charge in [0.15, 0.2) is 5.78 Å². The van der Waals surface area contributed by atoms with Gasteiger partial charge in [0.1, 0.15) is 5.56 Å². The van der Waals surface area contributed by atoms with E-state index in [1.165, 1.54) is 0 Å². The number of carbonyl (C=O) groups excluding carboxylic acids is 2. The molecule has 0 fully saturated rings. The van der Waals surface area contributed by atoms with Crippen LogP contribution in [0.5, 0.6) is 0 Å². The van der Waals surface area contributed by atoms with Gasteiger partial charge in [0.25, 0.3) is 17.2 Å². The summed E-state index contributed by atoms with van der Waals surface area (Å²) in [6.45, 7) is 3.09. The molecule has 30 heavy (non-hydrogen) atoms. The summed E-state index contributed by atoms with van der Waals surface area (Å²) >= 11 is 5.93. The lowest BCUT2D eigenvalue weighted by molar-refractivity contribution is -0.385. The summed E-state index contributed by atoms with van der Waals surface area (Å²) in [5, 5.41) is 11.7. The number of pyridine rings is 1. The second-order valence-electron chi connectivity index (χ2n) is 6.69. The van der Waals surface area contributed by atoms with Crippen LogP contribution in [0.3, 0.4) is 0 Å². The van der Waals surface area contributed by atoms with Crippen LogP contribution in [0.2, 0.25) is 5.02 Å². The van der Waals surface area contributed by atoms with E-state index in [2.05, 4.69) is 0 Å². The van der Waals surface area contributed by atoms with E-state index in [1.807, 2.05) is 11.5 Å². The van der Waals surface area contributed by atoms with Crippen LogP contribution in [0.25, 0.3) is 5.69 Å². The summed E-state index contributed by atoms with van der Waals surface area (Å²) in [5.41, 5.74) is 5.78. The number of nitrogens with two attached hydrogens (primary N) is 1. The second kappa shape index (κ2) is 7.96. The molecule has 10 heteroatoms. The van der Waals surface area contributed by atoms with Crippen molar-refractivity contribution in [1.82, 2.24) is 9.13 Å². The Bertz CT molecular complexity index is 1240. The standard InChI is InChI=1S/C20H17ClN4O5/c1-11-7-16(12(2)24(11)14-5-3-13(21)4-6-14)18(26)10-23-9-15(25(29)30)8-17(19(22)27)20(23)28/h3-9H,10H2,1-2H3,(H2,22,27). The molecule has 2 heterocycles. The van der Waals surface area contributed by atoms with Gasteiger partial charge in [-0.3, -0.25) is 24.5 Å². The van der Waals surface area contributed by atoms with Crippen molar-refractivity contribution < 1.29 is 14.5 Å². The van der Waals surface area contributed by atoms with Crippen molar-refractivity contribution in [3.05, 3.63) is 90.6 Å². The zero-order valence-corrected chi connectivity index (χ0v) is 16.8. The summed E-state index contributed by atoms with van der Waals surface area (Å²) in [4.78, 5) is 47.2. The minimum Gasteiger partial charge on any atom is -0.365 e. The average molecular weight is 429 g/mol. The topological polar surface area (TPSA) is 130 Å². The summed E-state index contributed by atoms with van der Waals surface area (Å²) < 4.78 is 2.68. The van der Waals surface area contributed by atoms with Gasteiger partial charge in [-0.05, 0) is 44.2 Å². The van der Waals surface area contributed by atoms with Crippen molar-refractivity contribution in [1.29, 1.82) is 0 Å². The highest BCUT2D eigenvalue weighted by molar-refractivity contribution is 6.30. The summed E-state index contributed by atoms with van der Waals surface area (Å²) in [7, 11) is 0. The third-order valence-electron chi connectivity index (χ3n) is 4.68. The Morgan fingerprint density at radius 3 is 2.33 bits per heavy atom. The average Bonchev–Trinajstić information content (AvgIpc) is 2.98. The monoisotopic (exact) mass is 428 g/mol. The van der Waals surface area contributed by atoms with Crippen molar-refractivity contribution >= 4 is 29.0 Å². The molecule has 0 unspecified atom stereocenters. The van der Waals surface area contributed by atoms with Gasteiger partial charge < -0.3 is 14.9 Å². The van der Waals surface area contributed by atoms with Gasteiger partial charge in [0, 0.05) is 33.7 Å². The highest BCUT2D eigenvalue weighted by Crippen LogP contribution is 2.23. The highest BCUT2D eigenvalue weighted by Gasteiger charge is 2.21. The van der Waals surface area contributed by atoms with Gasteiger partial charge >= 0.3 is 0 Å². The first-order valence-corrected chi connectivity index (χ1v) is 9.14. The number of hydrogen-bond acceptors (Lipinski definition) is 5. The van der Waals surface area contributed by atoms with E-state index in [0.717, 1.165) is 28.2 Å². The number of ketones is 1. The van der Waals surface area contributed by atoms with Gasteiger partial charge in [-0.15, -0.1) is 0 Å². The van der Waals surface area contributed by atoms with Crippen LogP contribution in [0.4, 0.5) is 5.69 Å². The van der Waals surface area contributed by atoms with E-state index in [1.54, 1.807) is 37.3 Å². The fourth-order valence-corrected chi connectivity index (χ4v) is 3.41. The molecule has 3 aromatic rings. The first-order chi connectivity index (χ1) is 14.1. The maximum Gasteiger partial charge on any atom is 0.286 e. The molecule has 0 spiro atoms. The molecule has 0 saturated heterocycles. The molecule has 0 aliphatic rings. The zero-order chi connectivity index (χ0) is 22.2. The number of Topliss-reactive ketones (excluding diaryl/α,β-unsaturated/α-hetero) is 1. The molecule has 1 aromatic carbocycles. The van der Waals surface area contributed by atoms with Crippen LogP contribution in [0.1, 0.15) is 32.1 Å². The number of carbonyl (C=O) groups is 2. The van der Waals surface area contributed by atoms with E-state index >= 15 is 0 Å². The van der Waals surface area contributed by atoms with Crippen LogP contribution < -0.4 is 11.3 Å². The molecule has 0 saturated carbocycles. The van der Waals surface area contributed by atoms with Crippen LogP contribution >= 0.6 is 11.6 Å². The number of amides is 1. The van der Waals surface area contributed by atoms with Crippen LogP contribution in [-0.2, 0) is 6.54 Å². The first kappa shape index (κ1) is 21.0. The molecular formula is C20H17ClN4O5. The molecule has 1 amide bonds. The molecule has 154 valence electrons. The quantitative estimate of drug-likeness (QED) is 0.366. The van der Waals surface area contributed by atoms with E-state index < -0.39 is 40.0 Å². The number of hydrogen-bond donors (Lipinski definition) is 1. The third kappa shape index (κ3) is 3.87. The van der Waals surface area contributed by atoms with Gasteiger partial charge in [-0.1, -0.05) is 11.6 Å². The Kier molecular flexibility index (Phi) is 5.57.